The van der Waals surface area contributed by atoms with Crippen molar-refractivity contribution >= 4 is 54.8 Å². The Labute approximate surface area is 105 Å². The Morgan fingerprint density at radius 1 is 1.46 bits per heavy atom. The summed E-state index contributed by atoms with van der Waals surface area (Å²) in [5.41, 5.74) is 0.164. The van der Waals surface area contributed by atoms with Gasteiger partial charge in [-0.3, -0.25) is 0 Å². The minimum atomic E-state index is 0.164. The van der Waals surface area contributed by atoms with Crippen molar-refractivity contribution in [2.24, 2.45) is 0 Å². The second-order valence-corrected chi connectivity index (χ2v) is 6.45. The van der Waals surface area contributed by atoms with Crippen LogP contribution in [-0.4, -0.2) is 5.88 Å². The summed E-state index contributed by atoms with van der Waals surface area (Å²) in [5, 5.41) is 2.11. The summed E-state index contributed by atoms with van der Waals surface area (Å²) in [6.45, 7) is 4.44. The van der Waals surface area contributed by atoms with Gasteiger partial charge in [0.05, 0.1) is 0 Å². The Bertz CT molecular complexity index is 294. The topological polar surface area (TPSA) is 0 Å². The van der Waals surface area contributed by atoms with Crippen LogP contribution in [0.5, 0.6) is 0 Å². The molecule has 1 aromatic heterocycles. The van der Waals surface area contributed by atoms with E-state index in [0.717, 1.165) is 10.9 Å². The van der Waals surface area contributed by atoms with Crippen LogP contribution in [0.3, 0.4) is 0 Å². The predicted molar refractivity (Wildman–Crippen MR) is 68.1 cm³/mol. The smallest absolute Gasteiger partial charge is 0.0462 e. The largest absolute Gasteiger partial charge is 0.146 e. The van der Waals surface area contributed by atoms with Gasteiger partial charge in [0, 0.05) is 30.5 Å². The highest BCUT2D eigenvalue weighted by Gasteiger charge is 2.25. The first-order valence-corrected chi connectivity index (χ1v) is 6.98. The van der Waals surface area contributed by atoms with Gasteiger partial charge in [0.1, 0.15) is 0 Å². The lowest BCUT2D eigenvalue weighted by atomic mass is 9.88. The van der Waals surface area contributed by atoms with Crippen molar-refractivity contribution in [2.45, 2.75) is 25.7 Å². The van der Waals surface area contributed by atoms with E-state index < -0.39 is 0 Å². The molecule has 0 fully saturated rings. The lowest BCUT2D eigenvalue weighted by molar-refractivity contribution is 0.518. The Balaban J connectivity index is 2.99. The molecule has 1 heterocycles. The molecule has 0 N–H and O–H groups in total. The fourth-order valence-electron chi connectivity index (χ4n) is 1.13. The highest BCUT2D eigenvalue weighted by atomic mass is 79.9. The molecule has 1 rings (SSSR count). The first-order chi connectivity index (χ1) is 5.99. The average molecular weight is 347 g/mol. The Morgan fingerprint density at radius 3 is 2.46 bits per heavy atom. The van der Waals surface area contributed by atoms with Crippen molar-refractivity contribution in [2.75, 3.05) is 5.88 Å². The summed E-state index contributed by atoms with van der Waals surface area (Å²) in [6, 6.07) is 0. The van der Waals surface area contributed by atoms with E-state index in [9.17, 15) is 0 Å². The lowest BCUT2D eigenvalue weighted by Gasteiger charge is -2.22. The average Bonchev–Trinajstić information content (AvgIpc) is 2.33. The lowest BCUT2D eigenvalue weighted by Crippen LogP contribution is -2.16. The van der Waals surface area contributed by atoms with Crippen LogP contribution in [0.15, 0.2) is 14.3 Å². The molecule has 0 saturated heterocycles. The molecule has 0 radical (unpaired) electrons. The molecule has 0 aliphatic heterocycles. The maximum absolute atomic E-state index is 5.77. The SMILES string of the molecule is CC(C)(CCCl)c1scc(Br)c1Br. The number of halogens is 3. The summed E-state index contributed by atoms with van der Waals surface area (Å²) in [5.74, 6) is 0.703. The summed E-state index contributed by atoms with van der Waals surface area (Å²) < 4.78 is 2.31. The van der Waals surface area contributed by atoms with Crippen LogP contribution in [0.2, 0.25) is 0 Å². The summed E-state index contributed by atoms with van der Waals surface area (Å²) >= 11 is 14.6. The van der Waals surface area contributed by atoms with E-state index in [1.807, 2.05) is 0 Å². The minimum Gasteiger partial charge on any atom is -0.146 e. The van der Waals surface area contributed by atoms with Gasteiger partial charge in [0.15, 0.2) is 0 Å². The van der Waals surface area contributed by atoms with Crippen molar-refractivity contribution in [3.8, 4) is 0 Å². The standard InChI is InChI=1S/C9H11Br2ClS/c1-9(2,3-4-12)8-7(11)6(10)5-13-8/h5H,3-4H2,1-2H3. The molecule has 13 heavy (non-hydrogen) atoms. The number of hydrogen-bond donors (Lipinski definition) is 0. The third-order valence-corrected chi connectivity index (χ3v) is 6.11. The molecule has 0 saturated carbocycles. The number of rotatable bonds is 3. The van der Waals surface area contributed by atoms with Gasteiger partial charge in [-0.25, -0.2) is 0 Å². The van der Waals surface area contributed by atoms with Gasteiger partial charge in [-0.1, -0.05) is 13.8 Å². The minimum absolute atomic E-state index is 0.164. The first-order valence-electron chi connectivity index (χ1n) is 3.98. The normalized spacial score (nSPS) is 12.1. The van der Waals surface area contributed by atoms with Gasteiger partial charge in [0.2, 0.25) is 0 Å². The molecule has 0 unspecified atom stereocenters. The van der Waals surface area contributed by atoms with Crippen LogP contribution < -0.4 is 0 Å². The maximum Gasteiger partial charge on any atom is 0.0462 e. The van der Waals surface area contributed by atoms with E-state index in [0.29, 0.717) is 5.88 Å². The third kappa shape index (κ3) is 2.71. The van der Waals surface area contributed by atoms with Crippen molar-refractivity contribution < 1.29 is 0 Å². The zero-order valence-corrected chi connectivity index (χ0v) is 12.3. The summed E-state index contributed by atoms with van der Waals surface area (Å²) in [4.78, 5) is 1.36. The fourth-order valence-corrected chi connectivity index (χ4v) is 4.27. The van der Waals surface area contributed by atoms with E-state index in [4.69, 9.17) is 11.6 Å². The van der Waals surface area contributed by atoms with E-state index in [1.165, 1.54) is 9.35 Å². The van der Waals surface area contributed by atoms with Gasteiger partial charge in [-0.2, -0.15) is 0 Å². The van der Waals surface area contributed by atoms with Crippen molar-refractivity contribution in [1.29, 1.82) is 0 Å². The highest BCUT2D eigenvalue weighted by molar-refractivity contribution is 9.13. The second-order valence-electron chi connectivity index (χ2n) is 3.55. The fraction of sp³-hybridized carbons (Fsp3) is 0.556. The zero-order valence-electron chi connectivity index (χ0n) is 7.53. The van der Waals surface area contributed by atoms with Crippen molar-refractivity contribution in [1.82, 2.24) is 0 Å². The Kier molecular flexibility index (Phi) is 4.30. The number of alkyl halides is 1. The molecule has 0 amide bonds. The van der Waals surface area contributed by atoms with Gasteiger partial charge < -0.3 is 0 Å². The molecule has 4 heteroatoms. The molecule has 0 aliphatic rings. The summed E-state index contributed by atoms with van der Waals surface area (Å²) in [7, 11) is 0. The molecule has 74 valence electrons. The van der Waals surface area contributed by atoms with Crippen LogP contribution in [-0.2, 0) is 5.41 Å². The van der Waals surface area contributed by atoms with Crippen molar-refractivity contribution in [3.05, 3.63) is 19.2 Å². The van der Waals surface area contributed by atoms with Crippen LogP contribution >= 0.6 is 54.8 Å². The first kappa shape index (κ1) is 12.0. The van der Waals surface area contributed by atoms with Gasteiger partial charge in [-0.05, 0) is 38.3 Å². The molecule has 0 atom stereocenters. The molecule has 0 spiro atoms. The monoisotopic (exact) mass is 344 g/mol. The molecular formula is C9H11Br2ClS. The van der Waals surface area contributed by atoms with Crippen LogP contribution in [0.1, 0.15) is 25.1 Å². The van der Waals surface area contributed by atoms with Gasteiger partial charge in [0.25, 0.3) is 0 Å². The highest BCUT2D eigenvalue weighted by Crippen LogP contribution is 2.41. The number of hydrogen-bond acceptors (Lipinski definition) is 1. The van der Waals surface area contributed by atoms with Crippen LogP contribution in [0.25, 0.3) is 0 Å². The summed E-state index contributed by atoms with van der Waals surface area (Å²) in [6.07, 6.45) is 1.00. The second kappa shape index (κ2) is 4.65. The van der Waals surface area contributed by atoms with E-state index in [1.54, 1.807) is 11.3 Å². The molecule has 0 nitrogen and oxygen atoms in total. The Hall–Kier alpha value is 0.950. The molecule has 0 aromatic carbocycles. The van der Waals surface area contributed by atoms with E-state index in [-0.39, 0.29) is 5.41 Å². The molecule has 1 aromatic rings. The third-order valence-electron chi connectivity index (χ3n) is 2.02. The van der Waals surface area contributed by atoms with E-state index >= 15 is 0 Å². The van der Waals surface area contributed by atoms with Gasteiger partial charge >= 0.3 is 0 Å². The maximum atomic E-state index is 5.77. The number of thiophene rings is 1. The molecule has 0 aliphatic carbocycles. The molecule has 0 bridgehead atoms. The van der Waals surface area contributed by atoms with Crippen molar-refractivity contribution in [3.63, 3.8) is 0 Å². The van der Waals surface area contributed by atoms with Crippen LogP contribution in [0, 0.1) is 0 Å². The van der Waals surface area contributed by atoms with Crippen LogP contribution in [0.4, 0.5) is 0 Å². The van der Waals surface area contributed by atoms with E-state index in [2.05, 4.69) is 51.1 Å². The molecular weight excluding hydrogens is 335 g/mol. The zero-order chi connectivity index (χ0) is 10.1. The quantitative estimate of drug-likeness (QED) is 0.662. The van der Waals surface area contributed by atoms with Gasteiger partial charge in [-0.15, -0.1) is 22.9 Å². The predicted octanol–water partition coefficient (Wildman–Crippen LogP) is 5.18. The Morgan fingerprint density at radius 2 is 2.08 bits per heavy atom.